The number of carbonyl (C=O) groups is 2. The Labute approximate surface area is 130 Å². The van der Waals surface area contributed by atoms with Gasteiger partial charge in [-0.1, -0.05) is 13.8 Å². The van der Waals surface area contributed by atoms with Crippen molar-refractivity contribution in [1.29, 1.82) is 0 Å². The summed E-state index contributed by atoms with van der Waals surface area (Å²) in [5.74, 6) is -1.47. The van der Waals surface area contributed by atoms with Crippen LogP contribution < -0.4 is 10.1 Å². The molecule has 0 saturated heterocycles. The Kier molecular flexibility index (Phi) is 3.94. The molecule has 5 heteroatoms. The second kappa shape index (κ2) is 5.30. The highest BCUT2D eigenvalue weighted by Gasteiger charge is 2.65. The number of hydrogen-bond donors (Lipinski definition) is 2. The first-order chi connectivity index (χ1) is 10.1. The van der Waals surface area contributed by atoms with Crippen LogP contribution in [-0.2, 0) is 9.59 Å². The third-order valence-corrected chi connectivity index (χ3v) is 4.89. The number of aryl methyl sites for hydroxylation is 1. The van der Waals surface area contributed by atoms with E-state index in [2.05, 4.69) is 5.32 Å². The van der Waals surface area contributed by atoms with Crippen molar-refractivity contribution in [3.05, 3.63) is 22.8 Å². The molecule has 0 aromatic heterocycles. The van der Waals surface area contributed by atoms with E-state index in [9.17, 15) is 14.7 Å². The number of ether oxygens (including phenoxy) is 1. The van der Waals surface area contributed by atoms with Gasteiger partial charge in [0.25, 0.3) is 0 Å². The number of amides is 1. The van der Waals surface area contributed by atoms with Crippen molar-refractivity contribution >= 4 is 17.6 Å². The van der Waals surface area contributed by atoms with E-state index in [-0.39, 0.29) is 5.91 Å². The number of carboxylic acid groups (broad SMARTS) is 1. The van der Waals surface area contributed by atoms with Gasteiger partial charge in [-0.05, 0) is 48.9 Å². The Hall–Kier alpha value is -2.04. The number of carbonyl (C=O) groups excluding carboxylic acids is 1. The van der Waals surface area contributed by atoms with Crippen LogP contribution >= 0.6 is 0 Å². The minimum atomic E-state index is -0.912. The first-order valence-electron chi connectivity index (χ1n) is 7.31. The zero-order valence-corrected chi connectivity index (χ0v) is 13.9. The van der Waals surface area contributed by atoms with Crippen LogP contribution in [0.5, 0.6) is 5.75 Å². The van der Waals surface area contributed by atoms with Crippen LogP contribution in [0.25, 0.3) is 0 Å². The summed E-state index contributed by atoms with van der Waals surface area (Å²) >= 11 is 0. The quantitative estimate of drug-likeness (QED) is 0.897. The molecule has 2 atom stereocenters. The predicted molar refractivity (Wildman–Crippen MR) is 84.2 cm³/mol. The summed E-state index contributed by atoms with van der Waals surface area (Å²) in [6, 6.07) is 1.88. The Balaban J connectivity index is 2.28. The number of hydrogen-bond acceptors (Lipinski definition) is 3. The van der Waals surface area contributed by atoms with Gasteiger partial charge in [-0.15, -0.1) is 0 Å². The maximum absolute atomic E-state index is 12.5. The molecule has 0 radical (unpaired) electrons. The van der Waals surface area contributed by atoms with Gasteiger partial charge >= 0.3 is 5.97 Å². The first-order valence-corrected chi connectivity index (χ1v) is 7.31. The highest BCUT2D eigenvalue weighted by Crippen LogP contribution is 2.58. The summed E-state index contributed by atoms with van der Waals surface area (Å²) in [4.78, 5) is 23.7. The predicted octanol–water partition coefficient (Wildman–Crippen LogP) is 2.92. The normalized spacial score (nSPS) is 22.1. The van der Waals surface area contributed by atoms with E-state index in [0.717, 1.165) is 28.1 Å². The Morgan fingerprint density at radius 1 is 1.18 bits per heavy atom. The summed E-state index contributed by atoms with van der Waals surface area (Å²) < 4.78 is 5.32. The molecule has 1 aromatic carbocycles. The van der Waals surface area contributed by atoms with Gasteiger partial charge in [0.1, 0.15) is 5.75 Å². The first kappa shape index (κ1) is 16.3. The van der Waals surface area contributed by atoms with Gasteiger partial charge in [-0.2, -0.15) is 0 Å². The zero-order chi connectivity index (χ0) is 16.8. The second-order valence-electron chi connectivity index (χ2n) is 6.62. The maximum Gasteiger partial charge on any atom is 0.307 e. The van der Waals surface area contributed by atoms with Crippen molar-refractivity contribution in [3.63, 3.8) is 0 Å². The number of carboxylic acids is 1. The number of anilines is 1. The number of methoxy groups -OCH3 is 1. The minimum Gasteiger partial charge on any atom is -0.496 e. The molecule has 0 unspecified atom stereocenters. The Morgan fingerprint density at radius 2 is 1.77 bits per heavy atom. The molecule has 0 heterocycles. The van der Waals surface area contributed by atoms with Crippen LogP contribution in [0.15, 0.2) is 6.07 Å². The molecule has 120 valence electrons. The second-order valence-corrected chi connectivity index (χ2v) is 6.62. The smallest absolute Gasteiger partial charge is 0.307 e. The van der Waals surface area contributed by atoms with Crippen molar-refractivity contribution in [1.82, 2.24) is 0 Å². The molecular formula is C17H23NO4. The third kappa shape index (κ3) is 2.45. The van der Waals surface area contributed by atoms with Gasteiger partial charge < -0.3 is 15.2 Å². The van der Waals surface area contributed by atoms with Crippen LogP contribution in [0, 0.1) is 38.0 Å². The van der Waals surface area contributed by atoms with Crippen LogP contribution in [0.2, 0.25) is 0 Å². The van der Waals surface area contributed by atoms with E-state index in [0.29, 0.717) is 0 Å². The molecule has 1 aromatic rings. The molecule has 0 spiro atoms. The summed E-state index contributed by atoms with van der Waals surface area (Å²) in [7, 11) is 1.61. The molecule has 0 bridgehead atoms. The van der Waals surface area contributed by atoms with Crippen LogP contribution in [-0.4, -0.2) is 24.1 Å². The lowest BCUT2D eigenvalue weighted by Crippen LogP contribution is -2.19. The molecule has 5 nitrogen and oxygen atoms in total. The molecule has 2 rings (SSSR count). The van der Waals surface area contributed by atoms with Crippen LogP contribution in [0.4, 0.5) is 5.69 Å². The van der Waals surface area contributed by atoms with E-state index in [1.165, 1.54) is 0 Å². The van der Waals surface area contributed by atoms with Gasteiger partial charge in [0.2, 0.25) is 5.91 Å². The average molecular weight is 305 g/mol. The molecule has 1 saturated carbocycles. The lowest BCUT2D eigenvalue weighted by Gasteiger charge is -2.17. The van der Waals surface area contributed by atoms with E-state index >= 15 is 0 Å². The van der Waals surface area contributed by atoms with Gasteiger partial charge in [0, 0.05) is 5.69 Å². The fraction of sp³-hybridized carbons (Fsp3) is 0.529. The highest BCUT2D eigenvalue weighted by molar-refractivity contribution is 6.00. The summed E-state index contributed by atoms with van der Waals surface area (Å²) in [5.41, 5.74) is 3.05. The third-order valence-electron chi connectivity index (χ3n) is 4.89. The van der Waals surface area contributed by atoms with Crippen molar-refractivity contribution in [2.75, 3.05) is 12.4 Å². The average Bonchev–Trinajstić information content (AvgIpc) is 3.02. The maximum atomic E-state index is 12.5. The number of rotatable bonds is 4. The molecule has 2 N–H and O–H groups in total. The molecular weight excluding hydrogens is 282 g/mol. The topological polar surface area (TPSA) is 75.6 Å². The summed E-state index contributed by atoms with van der Waals surface area (Å²) in [6.45, 7) is 9.39. The molecule has 1 fully saturated rings. The van der Waals surface area contributed by atoms with Gasteiger partial charge in [0.15, 0.2) is 0 Å². The number of aliphatic carboxylic acids is 1. The standard InChI is InChI=1S/C17H23NO4/c1-8-7-11(22-6)9(2)10(3)14(8)18-15(19)12-13(16(20)21)17(12,4)5/h7,12-13H,1-6H3,(H,18,19)(H,20,21)/t12-,13+/m0/s1. The number of benzene rings is 1. The van der Waals surface area contributed by atoms with Crippen molar-refractivity contribution < 1.29 is 19.4 Å². The molecule has 22 heavy (non-hydrogen) atoms. The minimum absolute atomic E-state index is 0.229. The van der Waals surface area contributed by atoms with Gasteiger partial charge in [-0.3, -0.25) is 9.59 Å². The molecule has 1 amide bonds. The largest absolute Gasteiger partial charge is 0.496 e. The van der Waals surface area contributed by atoms with Crippen molar-refractivity contribution in [2.24, 2.45) is 17.3 Å². The van der Waals surface area contributed by atoms with Crippen molar-refractivity contribution in [3.8, 4) is 5.75 Å². The van der Waals surface area contributed by atoms with Crippen molar-refractivity contribution in [2.45, 2.75) is 34.6 Å². The van der Waals surface area contributed by atoms with E-state index in [4.69, 9.17) is 4.74 Å². The zero-order valence-electron chi connectivity index (χ0n) is 13.9. The van der Waals surface area contributed by atoms with E-state index < -0.39 is 23.2 Å². The fourth-order valence-electron chi connectivity index (χ4n) is 3.24. The molecule has 1 aliphatic carbocycles. The monoisotopic (exact) mass is 305 g/mol. The number of nitrogens with one attached hydrogen (secondary N) is 1. The van der Waals surface area contributed by atoms with Gasteiger partial charge in [0.05, 0.1) is 18.9 Å². The Bertz CT molecular complexity index is 649. The summed E-state index contributed by atoms with van der Waals surface area (Å²) in [5, 5.41) is 12.1. The van der Waals surface area contributed by atoms with Gasteiger partial charge in [-0.25, -0.2) is 0 Å². The summed E-state index contributed by atoms with van der Waals surface area (Å²) in [6.07, 6.45) is 0. The lowest BCUT2D eigenvalue weighted by atomic mass is 10.0. The fourth-order valence-corrected chi connectivity index (χ4v) is 3.24. The lowest BCUT2D eigenvalue weighted by molar-refractivity contribution is -0.140. The van der Waals surface area contributed by atoms with E-state index in [1.807, 2.05) is 40.7 Å². The van der Waals surface area contributed by atoms with Crippen LogP contribution in [0.3, 0.4) is 0 Å². The molecule has 1 aliphatic rings. The SMILES string of the molecule is COc1cc(C)c(NC(=O)[C@@H]2[C@H](C(=O)O)C2(C)C)c(C)c1C. The molecule has 0 aliphatic heterocycles. The Morgan fingerprint density at radius 3 is 2.23 bits per heavy atom. The highest BCUT2D eigenvalue weighted by atomic mass is 16.5. The van der Waals surface area contributed by atoms with Crippen LogP contribution in [0.1, 0.15) is 30.5 Å². The van der Waals surface area contributed by atoms with E-state index in [1.54, 1.807) is 7.11 Å².